The van der Waals surface area contributed by atoms with Gasteiger partial charge >= 0.3 is 0 Å². The fourth-order valence-corrected chi connectivity index (χ4v) is 9.06. The van der Waals surface area contributed by atoms with Gasteiger partial charge in [0.05, 0.1) is 28.3 Å². The number of furan rings is 1. The Labute approximate surface area is 405 Å². The van der Waals surface area contributed by atoms with E-state index in [4.69, 9.17) is 13.5 Å². The molecule has 1 radical (unpaired) electrons. The summed E-state index contributed by atoms with van der Waals surface area (Å²) < 4.78 is 32.0. The van der Waals surface area contributed by atoms with Gasteiger partial charge in [-0.1, -0.05) is 138 Å². The molecule has 8 aromatic carbocycles. The van der Waals surface area contributed by atoms with E-state index in [9.17, 15) is 0 Å². The molecule has 0 atom stereocenters. The predicted molar refractivity (Wildman–Crippen MR) is 271 cm³/mol. The number of nitrogens with zero attached hydrogens (tertiary/aromatic N) is 4. The normalized spacial score (nSPS) is 12.7. The Kier molecular flexibility index (Phi) is 11.1. The molecule has 0 amide bonds. The maximum atomic E-state index is 7.61. The van der Waals surface area contributed by atoms with E-state index in [0.717, 1.165) is 49.9 Å². The van der Waals surface area contributed by atoms with Gasteiger partial charge in [0, 0.05) is 52.6 Å². The van der Waals surface area contributed by atoms with Crippen molar-refractivity contribution in [2.45, 2.75) is 72.6 Å². The van der Waals surface area contributed by atoms with Gasteiger partial charge in [-0.2, -0.15) is 0 Å². The van der Waals surface area contributed by atoms with Crippen LogP contribution < -0.4 is 0 Å². The van der Waals surface area contributed by atoms with Crippen molar-refractivity contribution in [1.82, 2.24) is 19.5 Å². The van der Waals surface area contributed by atoms with E-state index >= 15 is 0 Å². The zero-order chi connectivity index (χ0) is 47.5. The van der Waals surface area contributed by atoms with Gasteiger partial charge in [0.15, 0.2) is 0 Å². The molecule has 3 aromatic heterocycles. The first-order valence-corrected chi connectivity index (χ1v) is 22.4. The average Bonchev–Trinajstić information content (AvgIpc) is 3.91. The van der Waals surface area contributed by atoms with Crippen LogP contribution in [0.15, 0.2) is 162 Å². The van der Waals surface area contributed by atoms with Crippen molar-refractivity contribution >= 4 is 54.5 Å². The fourth-order valence-electron chi connectivity index (χ4n) is 9.06. The van der Waals surface area contributed by atoms with Crippen molar-refractivity contribution in [3.05, 3.63) is 192 Å². The second kappa shape index (κ2) is 17.9. The van der Waals surface area contributed by atoms with Gasteiger partial charge in [0.1, 0.15) is 5.58 Å². The molecule has 6 heteroatoms. The zero-order valence-electron chi connectivity index (χ0n) is 41.2. The minimum atomic E-state index is -2.21. The monoisotopic (exact) mass is 1040 g/mol. The number of benzene rings is 8. The van der Waals surface area contributed by atoms with E-state index in [1.807, 2.05) is 45.0 Å². The third kappa shape index (κ3) is 8.14. The van der Waals surface area contributed by atoms with E-state index < -0.39 is 6.85 Å². The summed E-state index contributed by atoms with van der Waals surface area (Å²) in [6, 6.07) is 59.5. The van der Waals surface area contributed by atoms with E-state index in [-0.39, 0.29) is 42.9 Å². The average molecular weight is 1040 g/mol. The molecule has 0 N–H and O–H groups in total. The van der Waals surface area contributed by atoms with Crippen molar-refractivity contribution in [3.8, 4) is 39.6 Å². The predicted octanol–water partition coefficient (Wildman–Crippen LogP) is 16.2. The molecule has 0 saturated heterocycles. The van der Waals surface area contributed by atoms with E-state index in [1.165, 1.54) is 55.7 Å². The van der Waals surface area contributed by atoms with Crippen LogP contribution in [0.4, 0.5) is 0 Å². The van der Waals surface area contributed by atoms with Gasteiger partial charge in [0.2, 0.25) is 0 Å². The molecule has 3 heterocycles. The van der Waals surface area contributed by atoms with Crippen LogP contribution in [0.2, 0.25) is 0 Å². The van der Waals surface area contributed by atoms with Crippen LogP contribution in [0, 0.1) is 19.0 Å². The molecule has 11 aromatic rings. The third-order valence-corrected chi connectivity index (χ3v) is 12.3. The number of aromatic nitrogens is 4. The molecular weight excluding hydrogens is 985 g/mol. The standard InChI is InChI=1S/C45H35N2O.C15H17N2.Ir/c1-27(2)36-24-32(29-13-6-5-7-14-29)25-37(28(3)4)43(36)47-41-20-11-10-19-40(41)46-45(47)35-18-12-17-34-39-23-31-22-21-30-15-8-9-16-33(30)38(31)26-42(39)48-44(34)35;1-11-10-16-14(12-8-6-5-7-9-12)17-13(11)15(2,3)4;/h5-17,19-28H,1-4H3;5-8,10H,1-4H3;/q2*-1;/i;1D3;. The van der Waals surface area contributed by atoms with Crippen molar-refractivity contribution in [1.29, 1.82) is 0 Å². The summed E-state index contributed by atoms with van der Waals surface area (Å²) in [7, 11) is 0. The summed E-state index contributed by atoms with van der Waals surface area (Å²) in [5, 5.41) is 7.02. The molecule has 0 saturated carbocycles. The minimum Gasteiger partial charge on any atom is -0.501 e. The van der Waals surface area contributed by atoms with Crippen LogP contribution >= 0.6 is 0 Å². The molecule has 0 fully saturated rings. The molecule has 0 aliphatic carbocycles. The Morgan fingerprint density at radius 1 is 0.636 bits per heavy atom. The Morgan fingerprint density at radius 3 is 2.08 bits per heavy atom. The molecule has 0 aliphatic rings. The van der Waals surface area contributed by atoms with Crippen molar-refractivity contribution in [2.24, 2.45) is 0 Å². The SMILES string of the molecule is CC(C)c1cc(-c2ccccc2)cc(C(C)C)c1-n1c(-c2[c-]ccc3c2oc2cc4c(ccc5ccccc54)cc23)nc2ccccc21.[2H]C([2H])([2H])c1cnc(-c2[c-]cccc2)nc1C(C)(C)C.[Ir]. The maximum Gasteiger partial charge on any atom is 0.121 e. The van der Waals surface area contributed by atoms with Gasteiger partial charge < -0.3 is 8.98 Å². The quantitative estimate of drug-likeness (QED) is 0.123. The molecule has 0 bridgehead atoms. The molecule has 5 nitrogen and oxygen atoms in total. The van der Waals surface area contributed by atoms with Crippen LogP contribution in [0.5, 0.6) is 0 Å². The number of hydrogen-bond acceptors (Lipinski definition) is 4. The molecule has 329 valence electrons. The Morgan fingerprint density at radius 2 is 1.35 bits per heavy atom. The number of hydrogen-bond donors (Lipinski definition) is 0. The van der Waals surface area contributed by atoms with Gasteiger partial charge in [-0.25, -0.2) is 0 Å². The van der Waals surface area contributed by atoms with Crippen LogP contribution in [0.25, 0.3) is 94.1 Å². The Hall–Kier alpha value is -6.72. The van der Waals surface area contributed by atoms with E-state index in [1.54, 1.807) is 6.07 Å². The molecular formula is C60H52IrN4O-2. The van der Waals surface area contributed by atoms with E-state index in [0.29, 0.717) is 11.5 Å². The summed E-state index contributed by atoms with van der Waals surface area (Å²) in [5.74, 6) is 1.91. The fraction of sp³-hybridized carbons (Fsp3) is 0.183. The maximum absolute atomic E-state index is 7.61. The summed E-state index contributed by atoms with van der Waals surface area (Å²) in [4.78, 5) is 14.0. The zero-order valence-corrected chi connectivity index (χ0v) is 40.6. The second-order valence-electron chi connectivity index (χ2n) is 18.5. The second-order valence-corrected chi connectivity index (χ2v) is 18.5. The first-order valence-electron chi connectivity index (χ1n) is 23.9. The number of para-hydroxylation sites is 2. The van der Waals surface area contributed by atoms with Crippen LogP contribution in [0.1, 0.15) is 86.8 Å². The van der Waals surface area contributed by atoms with Gasteiger partial charge in [-0.05, 0) is 104 Å². The van der Waals surface area contributed by atoms with Gasteiger partial charge in [-0.15, -0.1) is 54.1 Å². The molecule has 11 rings (SSSR count). The van der Waals surface area contributed by atoms with Gasteiger partial charge in [0.25, 0.3) is 0 Å². The van der Waals surface area contributed by atoms with E-state index in [2.05, 4.69) is 176 Å². The summed E-state index contributed by atoms with van der Waals surface area (Å²) in [5.41, 5.74) is 12.0. The number of fused-ring (bicyclic) bond motifs is 7. The number of imidazole rings is 1. The molecule has 0 unspecified atom stereocenters. The summed E-state index contributed by atoms with van der Waals surface area (Å²) in [6.07, 6.45) is 1.41. The smallest absolute Gasteiger partial charge is 0.121 e. The van der Waals surface area contributed by atoms with Crippen LogP contribution in [-0.4, -0.2) is 19.5 Å². The largest absolute Gasteiger partial charge is 0.501 e. The van der Waals surface area contributed by atoms with Crippen molar-refractivity contribution in [2.75, 3.05) is 0 Å². The summed E-state index contributed by atoms with van der Waals surface area (Å²) >= 11 is 0. The van der Waals surface area contributed by atoms with Gasteiger partial charge in [-0.3, -0.25) is 15.0 Å². The minimum absolute atomic E-state index is 0. The van der Waals surface area contributed by atoms with Crippen molar-refractivity contribution in [3.63, 3.8) is 0 Å². The number of rotatable bonds is 6. The van der Waals surface area contributed by atoms with Crippen LogP contribution in [0.3, 0.4) is 0 Å². The van der Waals surface area contributed by atoms with Crippen LogP contribution in [-0.2, 0) is 25.5 Å². The Bertz CT molecular complexity index is 3630. The first-order chi connectivity index (χ1) is 32.7. The topological polar surface area (TPSA) is 56.7 Å². The molecule has 0 spiro atoms. The summed E-state index contributed by atoms with van der Waals surface area (Å²) in [6.45, 7) is 12.8. The first kappa shape index (κ1) is 40.8. The number of aryl methyl sites for hydroxylation is 1. The third-order valence-electron chi connectivity index (χ3n) is 12.3. The van der Waals surface area contributed by atoms with Crippen molar-refractivity contribution < 1.29 is 28.6 Å². The Balaban J connectivity index is 0.000000238. The molecule has 0 aliphatic heterocycles. The molecule has 66 heavy (non-hydrogen) atoms.